The van der Waals surface area contributed by atoms with Crippen LogP contribution in [0.3, 0.4) is 0 Å². The fourth-order valence-corrected chi connectivity index (χ4v) is 5.49. The Morgan fingerprint density at radius 1 is 0.917 bits per heavy atom. The summed E-state index contributed by atoms with van der Waals surface area (Å²) in [5.74, 6) is -0.212. The van der Waals surface area contributed by atoms with E-state index in [1.54, 1.807) is 11.0 Å². The van der Waals surface area contributed by atoms with E-state index in [9.17, 15) is 9.59 Å². The van der Waals surface area contributed by atoms with Crippen molar-refractivity contribution < 1.29 is 9.59 Å². The van der Waals surface area contributed by atoms with Gasteiger partial charge in [-0.2, -0.15) is 0 Å². The molecule has 1 fully saturated rings. The van der Waals surface area contributed by atoms with E-state index in [1.165, 1.54) is 6.42 Å². The lowest BCUT2D eigenvalue weighted by molar-refractivity contribution is -0.141. The average Bonchev–Trinajstić information content (AvgIpc) is 2.88. The fraction of sp³-hybridized carbons (Fsp3) is 0.333. The highest BCUT2D eigenvalue weighted by Crippen LogP contribution is 2.23. The second-order valence-electron chi connectivity index (χ2n) is 9.47. The Morgan fingerprint density at radius 2 is 1.61 bits per heavy atom. The molecule has 36 heavy (non-hydrogen) atoms. The molecule has 6 heteroatoms. The molecule has 0 aliphatic heterocycles. The van der Waals surface area contributed by atoms with Gasteiger partial charge in [0.25, 0.3) is 0 Å². The Bertz CT molecular complexity index is 1160. The Hall–Kier alpha value is -2.63. The van der Waals surface area contributed by atoms with E-state index in [0.717, 1.165) is 46.8 Å². The Morgan fingerprint density at radius 3 is 2.33 bits per heavy atom. The largest absolute Gasteiger partial charge is 0.352 e. The summed E-state index contributed by atoms with van der Waals surface area (Å²) < 4.78 is 0.935. The molecule has 4 nitrogen and oxygen atoms in total. The number of carbonyl (C=O) groups excluding carboxylic acids is 2. The normalized spacial score (nSPS) is 14.7. The molecule has 188 valence electrons. The smallest absolute Gasteiger partial charge is 0.243 e. The number of rotatable bonds is 9. The van der Waals surface area contributed by atoms with Gasteiger partial charge in [0.15, 0.2) is 0 Å². The van der Waals surface area contributed by atoms with Crippen LogP contribution in [0, 0.1) is 0 Å². The maximum atomic E-state index is 13.9. The predicted molar refractivity (Wildman–Crippen MR) is 149 cm³/mol. The van der Waals surface area contributed by atoms with Gasteiger partial charge in [0, 0.05) is 28.5 Å². The minimum Gasteiger partial charge on any atom is -0.352 e. The maximum Gasteiger partial charge on any atom is 0.243 e. The number of nitrogens with zero attached hydrogens (tertiary/aromatic N) is 1. The first-order valence-electron chi connectivity index (χ1n) is 12.6. The number of benzene rings is 3. The van der Waals surface area contributed by atoms with Crippen LogP contribution in [0.5, 0.6) is 0 Å². The van der Waals surface area contributed by atoms with Crippen LogP contribution in [0.15, 0.2) is 83.3 Å². The molecule has 1 unspecified atom stereocenters. The Kier molecular flexibility index (Phi) is 9.60. The monoisotopic (exact) mass is 566 g/mol. The molecule has 1 N–H and O–H groups in total. The topological polar surface area (TPSA) is 49.4 Å². The van der Waals surface area contributed by atoms with Gasteiger partial charge in [0.05, 0.1) is 6.42 Å². The predicted octanol–water partition coefficient (Wildman–Crippen LogP) is 6.73. The minimum absolute atomic E-state index is 0.0896. The maximum absolute atomic E-state index is 13.9. The SMILES string of the molecule is O=C(NC1CCCCC1)C(Cc1ccccc1)N(Cc1cccc(Br)c1)C(=O)Cc1ccccc1Cl. The van der Waals surface area contributed by atoms with Crippen molar-refractivity contribution in [3.05, 3.63) is 105 Å². The Balaban J connectivity index is 1.66. The number of hydrogen-bond acceptors (Lipinski definition) is 2. The molecule has 4 rings (SSSR count). The summed E-state index contributed by atoms with van der Waals surface area (Å²) in [5, 5.41) is 3.83. The molecule has 0 saturated heterocycles. The van der Waals surface area contributed by atoms with Crippen molar-refractivity contribution >= 4 is 39.3 Å². The summed E-state index contributed by atoms with van der Waals surface area (Å²) >= 11 is 9.94. The molecule has 0 bridgehead atoms. The first kappa shape index (κ1) is 26.4. The number of nitrogens with one attached hydrogen (secondary N) is 1. The quantitative estimate of drug-likeness (QED) is 0.312. The zero-order valence-corrected chi connectivity index (χ0v) is 22.7. The third kappa shape index (κ3) is 7.44. The molecular formula is C30H32BrClN2O2. The molecule has 0 aromatic heterocycles. The van der Waals surface area contributed by atoms with Gasteiger partial charge >= 0.3 is 0 Å². The summed E-state index contributed by atoms with van der Waals surface area (Å²) in [6, 6.07) is 24.7. The van der Waals surface area contributed by atoms with Crippen molar-refractivity contribution in [1.29, 1.82) is 0 Å². The van der Waals surface area contributed by atoms with Gasteiger partial charge in [-0.05, 0) is 47.7 Å². The van der Waals surface area contributed by atoms with Crippen LogP contribution in [0.25, 0.3) is 0 Å². The lowest BCUT2D eigenvalue weighted by atomic mass is 9.94. The van der Waals surface area contributed by atoms with E-state index in [-0.39, 0.29) is 24.3 Å². The van der Waals surface area contributed by atoms with Crippen LogP contribution in [0.4, 0.5) is 0 Å². The van der Waals surface area contributed by atoms with Crippen molar-refractivity contribution in [3.8, 4) is 0 Å². The number of amides is 2. The molecule has 1 aliphatic rings. The van der Waals surface area contributed by atoms with E-state index in [4.69, 9.17) is 11.6 Å². The molecule has 0 radical (unpaired) electrons. The first-order chi connectivity index (χ1) is 17.5. The average molecular weight is 568 g/mol. The highest BCUT2D eigenvalue weighted by Gasteiger charge is 2.32. The van der Waals surface area contributed by atoms with Crippen molar-refractivity contribution in [3.63, 3.8) is 0 Å². The molecular weight excluding hydrogens is 536 g/mol. The van der Waals surface area contributed by atoms with Gasteiger partial charge in [-0.3, -0.25) is 9.59 Å². The molecule has 3 aromatic rings. The van der Waals surface area contributed by atoms with E-state index < -0.39 is 6.04 Å². The summed E-state index contributed by atoms with van der Waals surface area (Å²) in [7, 11) is 0. The van der Waals surface area contributed by atoms with Gasteiger partial charge in [0.2, 0.25) is 11.8 Å². The van der Waals surface area contributed by atoms with Crippen molar-refractivity contribution in [2.45, 2.75) is 63.6 Å². The van der Waals surface area contributed by atoms with Crippen LogP contribution in [-0.2, 0) is 29.0 Å². The highest BCUT2D eigenvalue weighted by atomic mass is 79.9. The lowest BCUT2D eigenvalue weighted by Gasteiger charge is -2.33. The summed E-state index contributed by atoms with van der Waals surface area (Å²) in [5.41, 5.74) is 2.74. The van der Waals surface area contributed by atoms with Crippen LogP contribution < -0.4 is 5.32 Å². The molecule has 0 spiro atoms. The van der Waals surface area contributed by atoms with Gasteiger partial charge in [-0.1, -0.05) is 107 Å². The molecule has 1 atom stereocenters. The van der Waals surface area contributed by atoms with E-state index >= 15 is 0 Å². The molecule has 3 aromatic carbocycles. The highest BCUT2D eigenvalue weighted by molar-refractivity contribution is 9.10. The van der Waals surface area contributed by atoms with Gasteiger partial charge < -0.3 is 10.2 Å². The van der Waals surface area contributed by atoms with E-state index in [1.807, 2.05) is 72.8 Å². The molecule has 0 heterocycles. The third-order valence-electron chi connectivity index (χ3n) is 6.76. The third-order valence-corrected chi connectivity index (χ3v) is 7.63. The van der Waals surface area contributed by atoms with Gasteiger partial charge in [-0.15, -0.1) is 0 Å². The van der Waals surface area contributed by atoms with Crippen LogP contribution in [0.2, 0.25) is 5.02 Å². The minimum atomic E-state index is -0.636. The van der Waals surface area contributed by atoms with Gasteiger partial charge in [0.1, 0.15) is 6.04 Å². The standard InChI is InChI=1S/C30H32BrClN2O2/c31-25-14-9-12-23(18-25)21-34(29(35)20-24-13-7-8-17-27(24)32)28(19-22-10-3-1-4-11-22)30(36)33-26-15-5-2-6-16-26/h1,3-4,7-14,17-18,26,28H,2,5-6,15-16,19-21H2,(H,33,36). The zero-order valence-electron chi connectivity index (χ0n) is 20.3. The fourth-order valence-electron chi connectivity index (χ4n) is 4.84. The zero-order chi connectivity index (χ0) is 25.3. The molecule has 1 saturated carbocycles. The number of halogens is 2. The van der Waals surface area contributed by atoms with E-state index in [0.29, 0.717) is 18.0 Å². The van der Waals surface area contributed by atoms with Gasteiger partial charge in [-0.25, -0.2) is 0 Å². The number of carbonyl (C=O) groups is 2. The second kappa shape index (κ2) is 13.1. The van der Waals surface area contributed by atoms with Crippen LogP contribution in [-0.4, -0.2) is 28.8 Å². The number of hydrogen-bond donors (Lipinski definition) is 1. The van der Waals surface area contributed by atoms with E-state index in [2.05, 4.69) is 21.2 Å². The van der Waals surface area contributed by atoms with Crippen LogP contribution >= 0.6 is 27.5 Å². The molecule has 1 aliphatic carbocycles. The summed E-state index contributed by atoms with van der Waals surface area (Å²) in [6.45, 7) is 0.332. The Labute approximate surface area is 227 Å². The molecule has 2 amide bonds. The van der Waals surface area contributed by atoms with Crippen molar-refractivity contribution in [2.24, 2.45) is 0 Å². The summed E-state index contributed by atoms with van der Waals surface area (Å²) in [6.07, 6.45) is 6.03. The van der Waals surface area contributed by atoms with Crippen LogP contribution in [0.1, 0.15) is 48.8 Å². The van der Waals surface area contributed by atoms with Crippen molar-refractivity contribution in [2.75, 3.05) is 0 Å². The summed E-state index contributed by atoms with van der Waals surface area (Å²) in [4.78, 5) is 29.4. The second-order valence-corrected chi connectivity index (χ2v) is 10.8. The van der Waals surface area contributed by atoms with Crippen molar-refractivity contribution in [1.82, 2.24) is 10.2 Å². The first-order valence-corrected chi connectivity index (χ1v) is 13.8. The lowest BCUT2D eigenvalue weighted by Crippen LogP contribution is -2.53.